The molecule has 0 unspecified atom stereocenters. The maximum Gasteiger partial charge on any atom is 0.259 e. The summed E-state index contributed by atoms with van der Waals surface area (Å²) < 4.78 is 5.38. The highest BCUT2D eigenvalue weighted by atomic mass is 32.1. The van der Waals surface area contributed by atoms with Crippen LogP contribution in [0.2, 0.25) is 0 Å². The van der Waals surface area contributed by atoms with Crippen LogP contribution in [0.25, 0.3) is 0 Å². The minimum atomic E-state index is -0.671. The minimum Gasteiger partial charge on any atom is -0.367 e. The van der Waals surface area contributed by atoms with Crippen LogP contribution in [-0.4, -0.2) is 33.4 Å². The van der Waals surface area contributed by atoms with Gasteiger partial charge in [0.1, 0.15) is 5.01 Å². The number of hydrogen-bond acceptors (Lipinski definition) is 7. The number of ether oxygens (including phenoxy) is 1. The SMILES string of the molecule is CO[C@H](C(=O)Nc1nnc(CC2CCC(c3cccnn3)CC2)s1)c1ccccc1. The molecule has 1 fully saturated rings. The third-order valence-electron chi connectivity index (χ3n) is 5.59. The van der Waals surface area contributed by atoms with Crippen molar-refractivity contribution in [3.63, 3.8) is 0 Å². The lowest BCUT2D eigenvalue weighted by molar-refractivity contribution is -0.126. The molecule has 1 aromatic carbocycles. The van der Waals surface area contributed by atoms with Gasteiger partial charge in [0, 0.05) is 25.6 Å². The molecule has 1 saturated carbocycles. The first kappa shape index (κ1) is 20.6. The molecule has 1 aliphatic rings. The Kier molecular flexibility index (Phi) is 6.76. The van der Waals surface area contributed by atoms with Gasteiger partial charge in [0.15, 0.2) is 6.10 Å². The number of benzene rings is 1. The highest BCUT2D eigenvalue weighted by Crippen LogP contribution is 2.36. The Balaban J connectivity index is 1.30. The second-order valence-electron chi connectivity index (χ2n) is 7.59. The van der Waals surface area contributed by atoms with E-state index >= 15 is 0 Å². The first-order valence-corrected chi connectivity index (χ1v) is 11.0. The van der Waals surface area contributed by atoms with Crippen LogP contribution in [0, 0.1) is 5.92 Å². The first-order valence-electron chi connectivity index (χ1n) is 10.2. The van der Waals surface area contributed by atoms with Gasteiger partial charge < -0.3 is 4.74 Å². The summed E-state index contributed by atoms with van der Waals surface area (Å²) in [7, 11) is 1.53. The number of carbonyl (C=O) groups excluding carboxylic acids is 1. The average Bonchev–Trinajstić information content (AvgIpc) is 3.23. The molecule has 4 rings (SSSR count). The minimum absolute atomic E-state index is 0.240. The van der Waals surface area contributed by atoms with Gasteiger partial charge in [-0.1, -0.05) is 41.7 Å². The largest absolute Gasteiger partial charge is 0.367 e. The number of aromatic nitrogens is 4. The number of hydrogen-bond donors (Lipinski definition) is 1. The van der Waals surface area contributed by atoms with E-state index in [-0.39, 0.29) is 5.91 Å². The topological polar surface area (TPSA) is 89.9 Å². The highest BCUT2D eigenvalue weighted by molar-refractivity contribution is 7.15. The predicted octanol–water partition coefficient (Wildman–Crippen LogP) is 4.17. The first-order chi connectivity index (χ1) is 14.7. The monoisotopic (exact) mass is 423 g/mol. The molecular formula is C22H25N5O2S. The van der Waals surface area contributed by atoms with Gasteiger partial charge in [-0.05, 0) is 49.3 Å². The molecule has 7 nitrogen and oxygen atoms in total. The molecule has 2 aromatic heterocycles. The summed E-state index contributed by atoms with van der Waals surface area (Å²) in [4.78, 5) is 12.6. The van der Waals surface area contributed by atoms with Gasteiger partial charge in [0.05, 0.1) is 5.69 Å². The Labute approximate surface area is 179 Å². The molecule has 30 heavy (non-hydrogen) atoms. The molecule has 0 aliphatic heterocycles. The third-order valence-corrected chi connectivity index (χ3v) is 6.46. The van der Waals surface area contributed by atoms with E-state index < -0.39 is 6.10 Å². The van der Waals surface area contributed by atoms with Crippen LogP contribution < -0.4 is 5.32 Å². The molecule has 1 amide bonds. The lowest BCUT2D eigenvalue weighted by atomic mass is 9.79. The number of nitrogens with zero attached hydrogens (tertiary/aromatic N) is 4. The number of methoxy groups -OCH3 is 1. The Morgan fingerprint density at radius 1 is 1.10 bits per heavy atom. The number of nitrogens with one attached hydrogen (secondary N) is 1. The fourth-order valence-corrected chi connectivity index (χ4v) is 4.88. The van der Waals surface area contributed by atoms with E-state index in [4.69, 9.17) is 4.74 Å². The van der Waals surface area contributed by atoms with Crippen LogP contribution in [-0.2, 0) is 16.0 Å². The van der Waals surface area contributed by atoms with Crippen molar-refractivity contribution in [2.24, 2.45) is 5.92 Å². The second-order valence-corrected chi connectivity index (χ2v) is 8.65. The molecule has 1 aliphatic carbocycles. The van der Waals surface area contributed by atoms with Crippen LogP contribution in [0.1, 0.15) is 54.0 Å². The number of amides is 1. The van der Waals surface area contributed by atoms with Gasteiger partial charge in [-0.15, -0.1) is 10.2 Å². The average molecular weight is 424 g/mol. The van der Waals surface area contributed by atoms with Crippen molar-refractivity contribution >= 4 is 22.4 Å². The van der Waals surface area contributed by atoms with Crippen molar-refractivity contribution in [3.8, 4) is 0 Å². The summed E-state index contributed by atoms with van der Waals surface area (Å²) in [5.41, 5.74) is 1.91. The van der Waals surface area contributed by atoms with Crippen molar-refractivity contribution in [3.05, 3.63) is 64.9 Å². The summed E-state index contributed by atoms with van der Waals surface area (Å²) in [6.07, 6.45) is 6.47. The number of carbonyl (C=O) groups is 1. The zero-order valence-corrected chi connectivity index (χ0v) is 17.7. The van der Waals surface area contributed by atoms with Crippen molar-refractivity contribution in [1.29, 1.82) is 0 Å². The Hall–Kier alpha value is -2.71. The van der Waals surface area contributed by atoms with E-state index in [2.05, 4.69) is 31.8 Å². The summed E-state index contributed by atoms with van der Waals surface area (Å²) in [5.74, 6) is 0.851. The van der Waals surface area contributed by atoms with E-state index in [0.29, 0.717) is 17.0 Å². The fraction of sp³-hybridized carbons (Fsp3) is 0.409. The van der Waals surface area contributed by atoms with Crippen molar-refractivity contribution in [2.75, 3.05) is 12.4 Å². The number of rotatable bonds is 7. The zero-order valence-electron chi connectivity index (χ0n) is 16.9. The lowest BCUT2D eigenvalue weighted by Crippen LogP contribution is -2.22. The van der Waals surface area contributed by atoms with Crippen LogP contribution >= 0.6 is 11.3 Å². The van der Waals surface area contributed by atoms with E-state index in [9.17, 15) is 4.79 Å². The van der Waals surface area contributed by atoms with Crippen molar-refractivity contribution < 1.29 is 9.53 Å². The van der Waals surface area contributed by atoms with Crippen LogP contribution in [0.5, 0.6) is 0 Å². The predicted molar refractivity (Wildman–Crippen MR) is 115 cm³/mol. The highest BCUT2D eigenvalue weighted by Gasteiger charge is 2.25. The normalized spacial score (nSPS) is 19.9. The summed E-state index contributed by atoms with van der Waals surface area (Å²) >= 11 is 1.44. The van der Waals surface area contributed by atoms with E-state index in [1.54, 1.807) is 6.20 Å². The molecule has 1 N–H and O–H groups in total. The summed E-state index contributed by atoms with van der Waals surface area (Å²) in [6.45, 7) is 0. The Morgan fingerprint density at radius 2 is 1.90 bits per heavy atom. The molecule has 156 valence electrons. The number of anilines is 1. The van der Waals surface area contributed by atoms with Gasteiger partial charge in [-0.3, -0.25) is 10.1 Å². The Bertz CT molecular complexity index is 942. The molecule has 3 aromatic rings. The van der Waals surface area contributed by atoms with E-state index in [1.807, 2.05) is 36.4 Å². The van der Waals surface area contributed by atoms with Gasteiger partial charge in [0.2, 0.25) is 5.13 Å². The van der Waals surface area contributed by atoms with E-state index in [0.717, 1.165) is 48.4 Å². The van der Waals surface area contributed by atoms with Gasteiger partial charge >= 0.3 is 0 Å². The third kappa shape index (κ3) is 5.06. The van der Waals surface area contributed by atoms with Crippen molar-refractivity contribution in [2.45, 2.75) is 44.1 Å². The zero-order chi connectivity index (χ0) is 20.8. The molecular weight excluding hydrogens is 398 g/mol. The molecule has 0 bridgehead atoms. The van der Waals surface area contributed by atoms with Gasteiger partial charge in [-0.25, -0.2) is 0 Å². The van der Waals surface area contributed by atoms with Crippen LogP contribution in [0.15, 0.2) is 48.7 Å². The van der Waals surface area contributed by atoms with Gasteiger partial charge in [0.25, 0.3) is 5.91 Å². The van der Waals surface area contributed by atoms with Gasteiger partial charge in [-0.2, -0.15) is 10.2 Å². The Morgan fingerprint density at radius 3 is 2.60 bits per heavy atom. The van der Waals surface area contributed by atoms with Crippen LogP contribution in [0.3, 0.4) is 0 Å². The maximum absolute atomic E-state index is 12.6. The molecule has 8 heteroatoms. The fourth-order valence-electron chi connectivity index (χ4n) is 4.02. The maximum atomic E-state index is 12.6. The second kappa shape index (κ2) is 9.86. The lowest BCUT2D eigenvalue weighted by Gasteiger charge is -2.27. The molecule has 1 atom stereocenters. The summed E-state index contributed by atoms with van der Waals surface area (Å²) in [6, 6.07) is 13.4. The standard InChI is InChI=1S/C22H25N5O2S/c1-29-20(17-6-3-2-4-7-17)21(28)24-22-27-26-19(30-22)14-15-9-11-16(12-10-15)18-8-5-13-23-25-18/h2-8,13,15-16,20H,9-12,14H2,1H3,(H,24,27,28)/t15?,16?,20-/m0/s1. The smallest absolute Gasteiger partial charge is 0.259 e. The molecule has 0 radical (unpaired) electrons. The quantitative estimate of drug-likeness (QED) is 0.613. The van der Waals surface area contributed by atoms with E-state index in [1.165, 1.54) is 18.4 Å². The van der Waals surface area contributed by atoms with Crippen LogP contribution in [0.4, 0.5) is 5.13 Å². The summed E-state index contributed by atoms with van der Waals surface area (Å²) in [5, 5.41) is 21.0. The molecule has 0 spiro atoms. The molecule has 0 saturated heterocycles. The van der Waals surface area contributed by atoms with Crippen molar-refractivity contribution in [1.82, 2.24) is 20.4 Å². The molecule has 2 heterocycles.